The Morgan fingerprint density at radius 2 is 1.59 bits per heavy atom. The van der Waals surface area contributed by atoms with Gasteiger partial charge in [0.2, 0.25) is 5.91 Å². The number of carboxylic acids is 1. The van der Waals surface area contributed by atoms with Crippen molar-refractivity contribution in [2.24, 2.45) is 5.73 Å². The molecule has 0 saturated carbocycles. The summed E-state index contributed by atoms with van der Waals surface area (Å²) < 4.78 is 0. The Hall–Kier alpha value is -1.54. The topological polar surface area (TPSA) is 92.4 Å². The summed E-state index contributed by atoms with van der Waals surface area (Å²) in [7, 11) is 0. The van der Waals surface area contributed by atoms with E-state index in [1.807, 2.05) is 20.8 Å². The maximum absolute atomic E-state index is 10.3. The standard InChI is InChI=1S/C5H12N2O.C3H6O2.C2H6.C2H2/c1-2-3-7-5(8)4-6;1-2-3(4)5;2*1-2/h2-4,6H2,1H3,(H,7,8);2H2,1H3,(H,4,5);1-2H3;1-2H. The lowest BCUT2D eigenvalue weighted by molar-refractivity contribution is -0.136. The molecule has 0 atom stereocenters. The Morgan fingerprint density at radius 3 is 1.76 bits per heavy atom. The number of carboxylic acid groups (broad SMARTS) is 1. The fourth-order valence-electron chi connectivity index (χ4n) is 0.337. The first-order chi connectivity index (χ1) is 8.08. The van der Waals surface area contributed by atoms with Crippen molar-refractivity contribution < 1.29 is 14.7 Å². The highest BCUT2D eigenvalue weighted by atomic mass is 16.4. The van der Waals surface area contributed by atoms with Gasteiger partial charge in [-0.1, -0.05) is 27.7 Å². The molecule has 4 N–H and O–H groups in total. The van der Waals surface area contributed by atoms with Crippen molar-refractivity contribution in [2.75, 3.05) is 13.1 Å². The van der Waals surface area contributed by atoms with E-state index in [2.05, 4.69) is 18.2 Å². The molecule has 0 bridgehead atoms. The number of carbonyl (C=O) groups is 2. The third kappa shape index (κ3) is 53.8. The Kier molecular flexibility index (Phi) is 42.4. The van der Waals surface area contributed by atoms with Gasteiger partial charge in [-0.05, 0) is 6.42 Å². The predicted octanol–water partition coefficient (Wildman–Crippen LogP) is 1.23. The molecule has 0 fully saturated rings. The van der Waals surface area contributed by atoms with Gasteiger partial charge in [0.15, 0.2) is 0 Å². The second-order valence-electron chi connectivity index (χ2n) is 2.30. The molecule has 5 nitrogen and oxygen atoms in total. The molecular formula is C12H26N2O3. The van der Waals surface area contributed by atoms with Crippen molar-refractivity contribution in [2.45, 2.75) is 40.5 Å². The summed E-state index contributed by atoms with van der Waals surface area (Å²) in [4.78, 5) is 19.7. The van der Waals surface area contributed by atoms with Gasteiger partial charge in [-0.3, -0.25) is 9.59 Å². The summed E-state index contributed by atoms with van der Waals surface area (Å²) in [5, 5.41) is 10.3. The summed E-state index contributed by atoms with van der Waals surface area (Å²) in [6.07, 6.45) is 9.19. The monoisotopic (exact) mass is 246 g/mol. The minimum atomic E-state index is -0.745. The SMILES string of the molecule is C#C.CC.CCC(=O)O.CCCNC(=O)CN. The molecule has 0 aromatic carbocycles. The van der Waals surface area contributed by atoms with Gasteiger partial charge in [-0.15, -0.1) is 12.8 Å². The van der Waals surface area contributed by atoms with E-state index in [1.54, 1.807) is 6.92 Å². The van der Waals surface area contributed by atoms with Gasteiger partial charge >= 0.3 is 5.97 Å². The average Bonchev–Trinajstić information content (AvgIpc) is 2.41. The van der Waals surface area contributed by atoms with Crippen molar-refractivity contribution in [1.29, 1.82) is 0 Å². The molecular weight excluding hydrogens is 220 g/mol. The molecule has 0 aromatic heterocycles. The zero-order valence-electron chi connectivity index (χ0n) is 11.3. The van der Waals surface area contributed by atoms with Crippen LogP contribution in [0.4, 0.5) is 0 Å². The van der Waals surface area contributed by atoms with Gasteiger partial charge in [0.1, 0.15) is 0 Å². The van der Waals surface area contributed by atoms with Crippen LogP contribution in [0.15, 0.2) is 0 Å². The lowest BCUT2D eigenvalue weighted by Gasteiger charge is -1.97. The second kappa shape index (κ2) is 29.3. The molecule has 0 saturated heterocycles. The zero-order valence-corrected chi connectivity index (χ0v) is 11.3. The molecule has 0 aromatic rings. The highest BCUT2D eigenvalue weighted by molar-refractivity contribution is 5.77. The lowest BCUT2D eigenvalue weighted by atomic mass is 10.5. The fourth-order valence-corrected chi connectivity index (χ4v) is 0.337. The van der Waals surface area contributed by atoms with E-state index in [4.69, 9.17) is 10.8 Å². The molecule has 102 valence electrons. The summed E-state index contributed by atoms with van der Waals surface area (Å²) in [5.74, 6) is -0.822. The third-order valence-corrected chi connectivity index (χ3v) is 1.06. The maximum Gasteiger partial charge on any atom is 0.303 e. The van der Waals surface area contributed by atoms with E-state index in [-0.39, 0.29) is 18.9 Å². The van der Waals surface area contributed by atoms with E-state index < -0.39 is 5.97 Å². The third-order valence-electron chi connectivity index (χ3n) is 1.06. The number of aliphatic carboxylic acids is 1. The van der Waals surface area contributed by atoms with Crippen LogP contribution < -0.4 is 11.1 Å². The largest absolute Gasteiger partial charge is 0.481 e. The van der Waals surface area contributed by atoms with E-state index >= 15 is 0 Å². The van der Waals surface area contributed by atoms with Gasteiger partial charge < -0.3 is 16.2 Å². The minimum absolute atomic E-state index is 0.0770. The van der Waals surface area contributed by atoms with Crippen molar-refractivity contribution in [3.63, 3.8) is 0 Å². The predicted molar refractivity (Wildman–Crippen MR) is 71.5 cm³/mol. The second-order valence-corrected chi connectivity index (χ2v) is 2.30. The Labute approximate surface area is 105 Å². The van der Waals surface area contributed by atoms with Crippen molar-refractivity contribution in [3.8, 4) is 12.8 Å². The van der Waals surface area contributed by atoms with E-state index in [0.717, 1.165) is 13.0 Å². The Bertz CT molecular complexity index is 180. The van der Waals surface area contributed by atoms with Crippen LogP contribution in [0.1, 0.15) is 40.5 Å². The molecule has 5 heteroatoms. The average molecular weight is 246 g/mol. The number of hydrogen-bond acceptors (Lipinski definition) is 3. The highest BCUT2D eigenvalue weighted by Crippen LogP contribution is 1.68. The van der Waals surface area contributed by atoms with Crippen LogP contribution in [0.2, 0.25) is 0 Å². The van der Waals surface area contributed by atoms with Crippen LogP contribution in [0.25, 0.3) is 0 Å². The number of terminal acetylenes is 1. The summed E-state index contributed by atoms with van der Waals surface area (Å²) in [6.45, 7) is 8.43. The van der Waals surface area contributed by atoms with Gasteiger partial charge in [0.25, 0.3) is 0 Å². The van der Waals surface area contributed by atoms with Gasteiger partial charge in [0.05, 0.1) is 6.54 Å². The molecule has 0 radical (unpaired) electrons. The number of hydrogen-bond donors (Lipinski definition) is 3. The van der Waals surface area contributed by atoms with Crippen LogP contribution in [0.5, 0.6) is 0 Å². The summed E-state index contributed by atoms with van der Waals surface area (Å²) >= 11 is 0. The van der Waals surface area contributed by atoms with Crippen LogP contribution in [-0.2, 0) is 9.59 Å². The summed E-state index contributed by atoms with van der Waals surface area (Å²) in [6, 6.07) is 0. The Morgan fingerprint density at radius 1 is 1.24 bits per heavy atom. The molecule has 0 rings (SSSR count). The van der Waals surface area contributed by atoms with Gasteiger partial charge in [-0.25, -0.2) is 0 Å². The molecule has 0 aliphatic rings. The van der Waals surface area contributed by atoms with Crippen LogP contribution in [-0.4, -0.2) is 30.1 Å². The summed E-state index contributed by atoms with van der Waals surface area (Å²) in [5.41, 5.74) is 5.00. The number of nitrogens with two attached hydrogens (primary N) is 1. The van der Waals surface area contributed by atoms with Crippen molar-refractivity contribution in [3.05, 3.63) is 0 Å². The fraction of sp³-hybridized carbons (Fsp3) is 0.667. The molecule has 0 heterocycles. The van der Waals surface area contributed by atoms with Crippen LogP contribution in [0.3, 0.4) is 0 Å². The normalized spacial score (nSPS) is 6.76. The molecule has 0 aliphatic heterocycles. The van der Waals surface area contributed by atoms with Crippen molar-refractivity contribution in [1.82, 2.24) is 5.32 Å². The molecule has 0 spiro atoms. The van der Waals surface area contributed by atoms with Crippen molar-refractivity contribution >= 4 is 11.9 Å². The molecule has 0 aliphatic carbocycles. The van der Waals surface area contributed by atoms with E-state index in [1.165, 1.54) is 0 Å². The Balaban J connectivity index is -0.0000000809. The first kappa shape index (κ1) is 24.6. The zero-order chi connectivity index (χ0) is 14.7. The number of nitrogens with one attached hydrogen (secondary N) is 1. The van der Waals surface area contributed by atoms with E-state index in [0.29, 0.717) is 0 Å². The molecule has 17 heavy (non-hydrogen) atoms. The number of rotatable bonds is 4. The van der Waals surface area contributed by atoms with Gasteiger partial charge in [0, 0.05) is 13.0 Å². The highest BCUT2D eigenvalue weighted by Gasteiger charge is 1.90. The van der Waals surface area contributed by atoms with Gasteiger partial charge in [-0.2, -0.15) is 0 Å². The first-order valence-corrected chi connectivity index (χ1v) is 5.60. The van der Waals surface area contributed by atoms with Crippen LogP contribution >= 0.6 is 0 Å². The number of amides is 1. The quantitative estimate of drug-likeness (QED) is 0.650. The minimum Gasteiger partial charge on any atom is -0.481 e. The first-order valence-electron chi connectivity index (χ1n) is 5.60. The molecule has 0 unspecified atom stereocenters. The smallest absolute Gasteiger partial charge is 0.303 e. The van der Waals surface area contributed by atoms with E-state index in [9.17, 15) is 9.59 Å². The molecule has 1 amide bonds. The maximum atomic E-state index is 10.3. The van der Waals surface area contributed by atoms with Crippen LogP contribution in [0, 0.1) is 12.8 Å². The lowest BCUT2D eigenvalue weighted by Crippen LogP contribution is -2.30. The number of carbonyl (C=O) groups excluding carboxylic acids is 1.